The number of fused-ring (bicyclic) bond motifs is 1. The highest BCUT2D eigenvalue weighted by Gasteiger charge is 2.73. The van der Waals surface area contributed by atoms with E-state index in [2.05, 4.69) is 39.6 Å². The molecule has 2 aromatic heterocycles. The third-order valence-corrected chi connectivity index (χ3v) is 12.9. The minimum absolute atomic E-state index is 0.187. The van der Waals surface area contributed by atoms with Crippen LogP contribution in [0.2, 0.25) is 0 Å². The van der Waals surface area contributed by atoms with Crippen molar-refractivity contribution in [1.29, 1.82) is 0 Å². The van der Waals surface area contributed by atoms with E-state index in [4.69, 9.17) is 23.9 Å². The molecule has 316 valence electrons. The maximum absolute atomic E-state index is 16.1. The van der Waals surface area contributed by atoms with Gasteiger partial charge in [0.1, 0.15) is 34.5 Å². The van der Waals surface area contributed by atoms with Crippen LogP contribution in [0.5, 0.6) is 11.5 Å². The lowest BCUT2D eigenvalue weighted by atomic mass is 9.77. The Balaban J connectivity index is 1.09. The second kappa shape index (κ2) is 16.1. The molecule has 0 amide bonds. The standard InChI is InChI=1S/C52H46FN5O5/c1-34-46(59)51(34)43(62-52(38-20-12-6-13-21-38,39-22-14-7-15-23-39)40-26-30-42(61-3)31-27-40)32-44(63-51)58-33-54-45-47(55-49(53)56-48(45)58)57-50(35-16-8-4-9-17-35,36-18-10-5-11-19-36)37-24-28-41(60-2)29-25-37/h4-31,33-34,43-44,46,59H,32H2,1-3H3,(H,55,56,57)/t34?,43-,44+,46?,51-/m0/s1. The first-order chi connectivity index (χ1) is 30.8. The van der Waals surface area contributed by atoms with Gasteiger partial charge in [0.15, 0.2) is 17.0 Å². The van der Waals surface area contributed by atoms with Gasteiger partial charge in [-0.1, -0.05) is 153 Å². The Morgan fingerprint density at radius 1 is 0.667 bits per heavy atom. The van der Waals surface area contributed by atoms with Crippen molar-refractivity contribution in [1.82, 2.24) is 19.5 Å². The van der Waals surface area contributed by atoms with Crippen molar-refractivity contribution >= 4 is 17.0 Å². The zero-order valence-corrected chi connectivity index (χ0v) is 35.0. The van der Waals surface area contributed by atoms with E-state index >= 15 is 4.39 Å². The molecule has 5 atom stereocenters. The molecule has 10 rings (SSSR count). The van der Waals surface area contributed by atoms with Gasteiger partial charge in [-0.05, 0) is 57.6 Å². The van der Waals surface area contributed by atoms with Crippen molar-refractivity contribution in [2.24, 2.45) is 5.92 Å². The highest BCUT2D eigenvalue weighted by molar-refractivity contribution is 5.84. The Kier molecular flexibility index (Phi) is 10.3. The summed E-state index contributed by atoms with van der Waals surface area (Å²) in [7, 11) is 3.27. The predicted molar refractivity (Wildman–Crippen MR) is 238 cm³/mol. The number of imidazole rings is 1. The van der Waals surface area contributed by atoms with E-state index in [0.29, 0.717) is 23.4 Å². The second-order valence-corrected chi connectivity index (χ2v) is 16.1. The van der Waals surface area contributed by atoms with E-state index in [9.17, 15) is 5.11 Å². The third kappa shape index (κ3) is 6.62. The summed E-state index contributed by atoms with van der Waals surface area (Å²) in [6, 6.07) is 55.7. The number of nitrogens with one attached hydrogen (secondary N) is 1. The average molecular weight is 840 g/mol. The number of rotatable bonds is 13. The van der Waals surface area contributed by atoms with Gasteiger partial charge in [-0.3, -0.25) is 4.57 Å². The van der Waals surface area contributed by atoms with Gasteiger partial charge in [0, 0.05) is 12.3 Å². The molecule has 2 fully saturated rings. The summed E-state index contributed by atoms with van der Waals surface area (Å²) in [5, 5.41) is 15.4. The van der Waals surface area contributed by atoms with Crippen LogP contribution >= 0.6 is 0 Å². The minimum Gasteiger partial charge on any atom is -0.497 e. The number of halogens is 1. The van der Waals surface area contributed by atoms with E-state index in [-0.39, 0.29) is 17.4 Å². The van der Waals surface area contributed by atoms with Gasteiger partial charge in [-0.25, -0.2) is 4.98 Å². The highest BCUT2D eigenvalue weighted by Crippen LogP contribution is 2.60. The first kappa shape index (κ1) is 40.2. The van der Waals surface area contributed by atoms with Crippen molar-refractivity contribution < 1.29 is 28.4 Å². The van der Waals surface area contributed by atoms with Crippen LogP contribution in [-0.4, -0.2) is 56.7 Å². The predicted octanol–water partition coefficient (Wildman–Crippen LogP) is 9.43. The fraction of sp³-hybridized carbons (Fsp3) is 0.212. The maximum atomic E-state index is 16.1. The molecule has 1 aliphatic heterocycles. The Bertz CT molecular complexity index is 2740. The monoisotopic (exact) mass is 839 g/mol. The minimum atomic E-state index is -1.13. The fourth-order valence-corrected chi connectivity index (χ4v) is 9.62. The lowest BCUT2D eigenvalue weighted by Gasteiger charge is -2.39. The molecule has 11 heteroatoms. The van der Waals surface area contributed by atoms with Gasteiger partial charge in [0.25, 0.3) is 0 Å². The van der Waals surface area contributed by atoms with Crippen molar-refractivity contribution in [3.8, 4) is 11.5 Å². The average Bonchev–Trinajstić information content (AvgIpc) is 3.64. The van der Waals surface area contributed by atoms with E-state index < -0.39 is 41.3 Å². The first-order valence-electron chi connectivity index (χ1n) is 21.0. The molecule has 2 N–H and O–H groups in total. The molecule has 63 heavy (non-hydrogen) atoms. The van der Waals surface area contributed by atoms with Crippen LogP contribution in [-0.2, 0) is 20.6 Å². The third-order valence-electron chi connectivity index (χ3n) is 12.9. The summed E-state index contributed by atoms with van der Waals surface area (Å²) in [5.74, 6) is 1.33. The zero-order chi connectivity index (χ0) is 43.2. The van der Waals surface area contributed by atoms with Gasteiger partial charge >= 0.3 is 6.08 Å². The fourth-order valence-electron chi connectivity index (χ4n) is 9.62. The van der Waals surface area contributed by atoms with Crippen molar-refractivity contribution in [3.63, 3.8) is 0 Å². The number of methoxy groups -OCH3 is 2. The summed E-state index contributed by atoms with van der Waals surface area (Å²) in [5.41, 5.74) is 2.61. The number of aliphatic hydroxyl groups excluding tert-OH is 1. The van der Waals surface area contributed by atoms with Gasteiger partial charge in [0.2, 0.25) is 0 Å². The van der Waals surface area contributed by atoms with E-state index in [1.165, 1.54) is 0 Å². The van der Waals surface area contributed by atoms with Crippen molar-refractivity contribution in [3.05, 3.63) is 216 Å². The topological polar surface area (TPSA) is 113 Å². The smallest absolute Gasteiger partial charge is 0.312 e. The van der Waals surface area contributed by atoms with E-state index in [0.717, 1.165) is 33.4 Å². The molecular weight excluding hydrogens is 794 g/mol. The Hall–Kier alpha value is -6.92. The van der Waals surface area contributed by atoms with Gasteiger partial charge in [-0.15, -0.1) is 0 Å². The molecule has 1 aliphatic carbocycles. The Morgan fingerprint density at radius 2 is 1.11 bits per heavy atom. The molecular formula is C52H46FN5O5. The van der Waals surface area contributed by atoms with E-state index in [1.54, 1.807) is 25.1 Å². The Morgan fingerprint density at radius 3 is 1.59 bits per heavy atom. The van der Waals surface area contributed by atoms with Gasteiger partial charge in [0.05, 0.1) is 32.8 Å². The summed E-state index contributed by atoms with van der Waals surface area (Å²) in [6.45, 7) is 1.96. The SMILES string of the molecule is COc1ccc(C(Nc2nc(F)nc3c2ncn3[C@H]2C[C@H](OC(c3ccccc3)(c3ccccc3)c3ccc(OC)cc3)[C@@]3(O2)C(C)C3O)(c2ccccc2)c2ccccc2)cc1. The first-order valence-corrected chi connectivity index (χ1v) is 21.0. The zero-order valence-electron chi connectivity index (χ0n) is 35.0. The molecule has 0 radical (unpaired) electrons. The van der Waals surface area contributed by atoms with Crippen LogP contribution in [0.3, 0.4) is 0 Å². The molecule has 8 aromatic rings. The summed E-state index contributed by atoms with van der Waals surface area (Å²) in [6.07, 6.45) is -1.25. The van der Waals surface area contributed by atoms with Crippen LogP contribution in [0.1, 0.15) is 53.0 Å². The highest BCUT2D eigenvalue weighted by atomic mass is 19.1. The number of hydrogen-bond acceptors (Lipinski definition) is 9. The number of anilines is 1. The van der Waals surface area contributed by atoms with Gasteiger partial charge in [-0.2, -0.15) is 14.4 Å². The number of nitrogens with zero attached hydrogens (tertiary/aromatic N) is 4. The van der Waals surface area contributed by atoms with E-state index in [1.807, 2.05) is 153 Å². The molecule has 1 spiro atoms. The van der Waals surface area contributed by atoms with Crippen molar-refractivity contribution in [2.75, 3.05) is 19.5 Å². The Labute approximate surface area is 365 Å². The quantitative estimate of drug-likeness (QED) is 0.0867. The lowest BCUT2D eigenvalue weighted by molar-refractivity contribution is -0.115. The molecule has 3 heterocycles. The van der Waals surface area contributed by atoms with Crippen LogP contribution in [0.25, 0.3) is 11.2 Å². The number of aromatic nitrogens is 4. The summed E-state index contributed by atoms with van der Waals surface area (Å²) >= 11 is 0. The molecule has 0 bridgehead atoms. The molecule has 1 saturated carbocycles. The molecule has 1 saturated heterocycles. The molecule has 10 nitrogen and oxygen atoms in total. The largest absolute Gasteiger partial charge is 0.497 e. The number of ether oxygens (including phenoxy) is 4. The summed E-state index contributed by atoms with van der Waals surface area (Å²) < 4.78 is 43.5. The van der Waals surface area contributed by atoms with Crippen molar-refractivity contribution in [2.45, 2.75) is 48.5 Å². The number of benzene rings is 6. The number of aliphatic hydroxyl groups is 1. The van der Waals surface area contributed by atoms with Crippen LogP contribution < -0.4 is 14.8 Å². The maximum Gasteiger partial charge on any atom is 0.312 e. The molecule has 2 aliphatic rings. The molecule has 2 unspecified atom stereocenters. The van der Waals surface area contributed by atoms with Gasteiger partial charge < -0.3 is 29.4 Å². The normalized spacial score (nSPS) is 20.8. The number of hydrogen-bond donors (Lipinski definition) is 2. The lowest BCUT2D eigenvalue weighted by Crippen LogP contribution is -2.42. The molecule has 6 aromatic carbocycles. The van der Waals surface area contributed by atoms with Crippen LogP contribution in [0.15, 0.2) is 176 Å². The van der Waals surface area contributed by atoms with Crippen LogP contribution in [0.4, 0.5) is 10.2 Å². The second-order valence-electron chi connectivity index (χ2n) is 16.1. The van der Waals surface area contributed by atoms with Crippen LogP contribution in [0, 0.1) is 12.0 Å². The summed E-state index contributed by atoms with van der Waals surface area (Å²) in [4.78, 5) is 13.6.